The topological polar surface area (TPSA) is 88.2 Å². The van der Waals surface area contributed by atoms with Crippen molar-refractivity contribution in [2.75, 3.05) is 23.9 Å². The average molecular weight is 452 g/mol. The van der Waals surface area contributed by atoms with Gasteiger partial charge in [0.25, 0.3) is 5.91 Å². The minimum atomic E-state index is -0.838. The molecule has 0 unspecified atom stereocenters. The van der Waals surface area contributed by atoms with Crippen LogP contribution in [0.25, 0.3) is 0 Å². The summed E-state index contributed by atoms with van der Waals surface area (Å²) < 4.78 is 10.7. The maximum absolute atomic E-state index is 13.4. The van der Waals surface area contributed by atoms with Crippen LogP contribution in [0.1, 0.15) is 39.0 Å². The van der Waals surface area contributed by atoms with E-state index in [4.69, 9.17) is 9.47 Å². The van der Waals surface area contributed by atoms with Gasteiger partial charge in [0, 0.05) is 17.8 Å². The SMILES string of the molecule is CCOc1ccc(NC(=O)C[C@H]2C(=O)N(c3cccc(OC)c3)C(=O)N2C2CCCC2)cc1. The van der Waals surface area contributed by atoms with Crippen molar-refractivity contribution in [2.24, 2.45) is 0 Å². The van der Waals surface area contributed by atoms with Gasteiger partial charge in [-0.15, -0.1) is 0 Å². The third-order valence-electron chi connectivity index (χ3n) is 6.11. The van der Waals surface area contributed by atoms with E-state index in [0.717, 1.165) is 25.7 Å². The van der Waals surface area contributed by atoms with Crippen LogP contribution >= 0.6 is 0 Å². The Labute approximate surface area is 193 Å². The number of benzene rings is 2. The van der Waals surface area contributed by atoms with Crippen molar-refractivity contribution in [1.29, 1.82) is 0 Å². The molecule has 1 aliphatic heterocycles. The highest BCUT2D eigenvalue weighted by molar-refractivity contribution is 6.22. The number of amides is 4. The zero-order chi connectivity index (χ0) is 23.4. The molecule has 2 aromatic carbocycles. The van der Waals surface area contributed by atoms with E-state index in [0.29, 0.717) is 29.5 Å². The van der Waals surface area contributed by atoms with E-state index in [-0.39, 0.29) is 30.3 Å². The number of urea groups is 1. The number of hydrogen-bond donors (Lipinski definition) is 1. The van der Waals surface area contributed by atoms with Crippen LogP contribution in [0.15, 0.2) is 48.5 Å². The number of carbonyl (C=O) groups excluding carboxylic acids is 3. The fourth-order valence-corrected chi connectivity index (χ4v) is 4.57. The lowest BCUT2D eigenvalue weighted by Crippen LogP contribution is -2.43. The van der Waals surface area contributed by atoms with E-state index in [1.807, 2.05) is 6.92 Å². The Balaban J connectivity index is 1.54. The van der Waals surface area contributed by atoms with Crippen LogP contribution in [0.2, 0.25) is 0 Å². The van der Waals surface area contributed by atoms with Gasteiger partial charge in [-0.25, -0.2) is 9.69 Å². The number of imide groups is 1. The lowest BCUT2D eigenvalue weighted by molar-refractivity contribution is -0.124. The first kappa shape index (κ1) is 22.6. The highest BCUT2D eigenvalue weighted by atomic mass is 16.5. The fraction of sp³-hybridized carbons (Fsp3) is 0.400. The summed E-state index contributed by atoms with van der Waals surface area (Å²) in [5.41, 5.74) is 1.05. The van der Waals surface area contributed by atoms with Crippen LogP contribution in [0.5, 0.6) is 11.5 Å². The van der Waals surface area contributed by atoms with Crippen LogP contribution in [-0.2, 0) is 9.59 Å². The van der Waals surface area contributed by atoms with Crippen molar-refractivity contribution in [3.63, 3.8) is 0 Å². The van der Waals surface area contributed by atoms with Crippen molar-refractivity contribution in [3.05, 3.63) is 48.5 Å². The molecule has 1 saturated carbocycles. The van der Waals surface area contributed by atoms with Gasteiger partial charge in [-0.2, -0.15) is 0 Å². The van der Waals surface area contributed by atoms with E-state index in [1.165, 1.54) is 12.0 Å². The molecule has 2 fully saturated rings. The minimum Gasteiger partial charge on any atom is -0.497 e. The van der Waals surface area contributed by atoms with Gasteiger partial charge < -0.3 is 19.7 Å². The van der Waals surface area contributed by atoms with Gasteiger partial charge in [0.1, 0.15) is 17.5 Å². The normalized spacial score (nSPS) is 18.7. The molecule has 4 amide bonds. The molecule has 1 N–H and O–H groups in total. The summed E-state index contributed by atoms with van der Waals surface area (Å²) >= 11 is 0. The zero-order valence-corrected chi connectivity index (χ0v) is 19.0. The van der Waals surface area contributed by atoms with E-state index in [1.54, 1.807) is 53.4 Å². The number of rotatable bonds is 8. The van der Waals surface area contributed by atoms with Crippen LogP contribution in [0.3, 0.4) is 0 Å². The number of anilines is 2. The summed E-state index contributed by atoms with van der Waals surface area (Å²) in [5.74, 6) is 0.563. The predicted octanol–water partition coefficient (Wildman–Crippen LogP) is 4.20. The molecule has 174 valence electrons. The second kappa shape index (κ2) is 9.94. The first-order chi connectivity index (χ1) is 16.0. The Morgan fingerprint density at radius 2 is 1.79 bits per heavy atom. The fourth-order valence-electron chi connectivity index (χ4n) is 4.57. The predicted molar refractivity (Wildman–Crippen MR) is 125 cm³/mol. The zero-order valence-electron chi connectivity index (χ0n) is 19.0. The van der Waals surface area contributed by atoms with Crippen LogP contribution in [0.4, 0.5) is 16.2 Å². The summed E-state index contributed by atoms with van der Waals surface area (Å²) in [4.78, 5) is 42.5. The standard InChI is InChI=1S/C25H29N3O5/c1-3-33-20-13-11-17(12-14-20)26-23(29)16-22-24(30)28(19-9-6-10-21(15-19)32-2)25(31)27(22)18-7-4-5-8-18/h6,9-15,18,22H,3-5,7-8,16H2,1-2H3,(H,26,29)/t22-/m0/s1. The van der Waals surface area contributed by atoms with Gasteiger partial charge in [-0.3, -0.25) is 9.59 Å². The summed E-state index contributed by atoms with van der Waals surface area (Å²) in [5, 5.41) is 2.83. The Morgan fingerprint density at radius 1 is 1.06 bits per heavy atom. The molecular weight excluding hydrogens is 422 g/mol. The van der Waals surface area contributed by atoms with E-state index >= 15 is 0 Å². The van der Waals surface area contributed by atoms with Gasteiger partial charge in [-0.1, -0.05) is 18.9 Å². The molecule has 4 rings (SSSR count). The number of ether oxygens (including phenoxy) is 2. The first-order valence-electron chi connectivity index (χ1n) is 11.3. The summed E-state index contributed by atoms with van der Waals surface area (Å²) in [6.45, 7) is 2.46. The number of nitrogens with one attached hydrogen (secondary N) is 1. The maximum Gasteiger partial charge on any atom is 0.332 e. The molecule has 0 radical (unpaired) electrons. The Hall–Kier alpha value is -3.55. The molecule has 1 heterocycles. The lowest BCUT2D eigenvalue weighted by atomic mass is 10.1. The van der Waals surface area contributed by atoms with Crippen molar-refractivity contribution < 1.29 is 23.9 Å². The van der Waals surface area contributed by atoms with E-state index in [2.05, 4.69) is 5.32 Å². The third-order valence-corrected chi connectivity index (χ3v) is 6.11. The smallest absolute Gasteiger partial charge is 0.332 e. The number of methoxy groups -OCH3 is 1. The van der Waals surface area contributed by atoms with E-state index < -0.39 is 6.04 Å². The van der Waals surface area contributed by atoms with E-state index in [9.17, 15) is 14.4 Å². The van der Waals surface area contributed by atoms with Gasteiger partial charge >= 0.3 is 6.03 Å². The van der Waals surface area contributed by atoms with Crippen LogP contribution in [0, 0.1) is 0 Å². The maximum atomic E-state index is 13.4. The Morgan fingerprint density at radius 3 is 2.45 bits per heavy atom. The second-order valence-electron chi connectivity index (χ2n) is 8.23. The summed E-state index contributed by atoms with van der Waals surface area (Å²) in [7, 11) is 1.53. The van der Waals surface area contributed by atoms with Gasteiger partial charge in [0.05, 0.1) is 25.8 Å². The molecule has 1 saturated heterocycles. The molecule has 8 nitrogen and oxygen atoms in total. The monoisotopic (exact) mass is 451 g/mol. The van der Waals surface area contributed by atoms with Crippen molar-refractivity contribution in [1.82, 2.24) is 4.90 Å². The molecular formula is C25H29N3O5. The van der Waals surface area contributed by atoms with Crippen LogP contribution < -0.4 is 19.7 Å². The second-order valence-corrected chi connectivity index (χ2v) is 8.23. The van der Waals surface area contributed by atoms with Gasteiger partial charge in [0.15, 0.2) is 0 Å². The molecule has 0 aromatic heterocycles. The lowest BCUT2D eigenvalue weighted by Gasteiger charge is -2.27. The molecule has 2 aromatic rings. The number of nitrogens with zero attached hydrogens (tertiary/aromatic N) is 2. The highest BCUT2D eigenvalue weighted by Gasteiger charge is 2.49. The summed E-state index contributed by atoms with van der Waals surface area (Å²) in [6.07, 6.45) is 3.58. The Bertz CT molecular complexity index is 1020. The van der Waals surface area contributed by atoms with Crippen LogP contribution in [-0.4, -0.2) is 48.5 Å². The van der Waals surface area contributed by atoms with Gasteiger partial charge in [0.2, 0.25) is 5.91 Å². The van der Waals surface area contributed by atoms with Crippen molar-refractivity contribution in [2.45, 2.75) is 51.1 Å². The quantitative estimate of drug-likeness (QED) is 0.608. The molecule has 33 heavy (non-hydrogen) atoms. The molecule has 1 aliphatic carbocycles. The molecule has 2 aliphatic rings. The number of carbonyl (C=O) groups is 3. The molecule has 8 heteroatoms. The first-order valence-corrected chi connectivity index (χ1v) is 11.3. The summed E-state index contributed by atoms with van der Waals surface area (Å²) in [6, 6.07) is 12.7. The average Bonchev–Trinajstić information content (AvgIpc) is 3.42. The molecule has 0 spiro atoms. The highest BCUT2D eigenvalue weighted by Crippen LogP contribution is 2.35. The minimum absolute atomic E-state index is 0.0414. The van der Waals surface area contributed by atoms with Crippen molar-refractivity contribution >= 4 is 29.2 Å². The van der Waals surface area contributed by atoms with Gasteiger partial charge in [-0.05, 0) is 56.2 Å². The van der Waals surface area contributed by atoms with Crippen molar-refractivity contribution in [3.8, 4) is 11.5 Å². The third kappa shape index (κ3) is 4.79. The largest absolute Gasteiger partial charge is 0.497 e. The molecule has 0 bridgehead atoms. The Kier molecular flexibility index (Phi) is 6.82. The molecule has 1 atom stereocenters. The number of hydrogen-bond acceptors (Lipinski definition) is 5.